The van der Waals surface area contributed by atoms with E-state index in [-0.39, 0.29) is 11.5 Å². The first kappa shape index (κ1) is 24.1. The number of phenols is 2. The smallest absolute Gasteiger partial charge is 0.118 e. The molecule has 2 N–H and O–H groups in total. The molecule has 0 radical (unpaired) electrons. The van der Waals surface area contributed by atoms with Gasteiger partial charge in [-0.25, -0.2) is 0 Å². The maximum absolute atomic E-state index is 9.82. The highest BCUT2D eigenvalue weighted by atomic mass is 16.5. The number of allylic oxidation sites excluding steroid dienone is 1. The third-order valence-electron chi connectivity index (χ3n) is 5.94. The molecule has 4 aromatic carbocycles. The average Bonchev–Trinajstić information content (AvgIpc) is 2.89. The molecule has 0 amide bonds. The molecule has 0 heterocycles. The molecule has 0 spiro atoms. The SMILES string of the molecule is CCC(=C(c1ccc(O)cc1)c1ccc(O)cc1)c1cccc(COCc2ccc(OC)cc2)c1. The van der Waals surface area contributed by atoms with Crippen LogP contribution < -0.4 is 4.74 Å². The van der Waals surface area contributed by atoms with Crippen LogP contribution in [-0.4, -0.2) is 17.3 Å². The molecule has 0 saturated carbocycles. The van der Waals surface area contributed by atoms with Crippen LogP contribution in [0.2, 0.25) is 0 Å². The normalized spacial score (nSPS) is 10.7. The van der Waals surface area contributed by atoms with Gasteiger partial charge >= 0.3 is 0 Å². The van der Waals surface area contributed by atoms with Gasteiger partial charge in [-0.2, -0.15) is 0 Å². The van der Waals surface area contributed by atoms with Crippen molar-refractivity contribution in [3.63, 3.8) is 0 Å². The zero-order valence-electron chi connectivity index (χ0n) is 20.1. The van der Waals surface area contributed by atoms with E-state index in [1.54, 1.807) is 31.4 Å². The van der Waals surface area contributed by atoms with Crippen LogP contribution in [0.15, 0.2) is 97.1 Å². The molecule has 0 aliphatic heterocycles. The molecule has 178 valence electrons. The van der Waals surface area contributed by atoms with Crippen LogP contribution in [0.4, 0.5) is 0 Å². The van der Waals surface area contributed by atoms with Crippen molar-refractivity contribution in [3.8, 4) is 17.2 Å². The number of rotatable bonds is 9. The summed E-state index contributed by atoms with van der Waals surface area (Å²) in [5, 5.41) is 19.6. The van der Waals surface area contributed by atoms with Crippen LogP contribution in [0, 0.1) is 0 Å². The number of hydrogen-bond acceptors (Lipinski definition) is 4. The fourth-order valence-electron chi connectivity index (χ4n) is 4.15. The molecule has 0 aromatic heterocycles. The van der Waals surface area contributed by atoms with Gasteiger partial charge in [0.05, 0.1) is 20.3 Å². The lowest BCUT2D eigenvalue weighted by Gasteiger charge is -2.17. The summed E-state index contributed by atoms with van der Waals surface area (Å²) in [5.74, 6) is 1.29. The van der Waals surface area contributed by atoms with Crippen molar-refractivity contribution in [2.24, 2.45) is 0 Å². The Hall–Kier alpha value is -4.02. The summed E-state index contributed by atoms with van der Waals surface area (Å²) >= 11 is 0. The minimum Gasteiger partial charge on any atom is -0.508 e. The first-order valence-corrected chi connectivity index (χ1v) is 11.7. The second kappa shape index (κ2) is 11.4. The van der Waals surface area contributed by atoms with E-state index in [4.69, 9.17) is 9.47 Å². The molecular weight excluding hydrogens is 436 g/mol. The van der Waals surface area contributed by atoms with Crippen molar-refractivity contribution >= 4 is 11.1 Å². The first-order valence-electron chi connectivity index (χ1n) is 11.7. The fourth-order valence-corrected chi connectivity index (χ4v) is 4.15. The molecule has 0 saturated heterocycles. The third kappa shape index (κ3) is 6.11. The summed E-state index contributed by atoms with van der Waals surface area (Å²) < 4.78 is 11.2. The van der Waals surface area contributed by atoms with Gasteiger partial charge in [0.15, 0.2) is 0 Å². The molecule has 4 heteroatoms. The van der Waals surface area contributed by atoms with Crippen molar-refractivity contribution in [2.75, 3.05) is 7.11 Å². The van der Waals surface area contributed by atoms with Crippen LogP contribution in [0.1, 0.15) is 41.2 Å². The summed E-state index contributed by atoms with van der Waals surface area (Å²) in [4.78, 5) is 0. The zero-order valence-corrected chi connectivity index (χ0v) is 20.1. The number of aromatic hydroxyl groups is 2. The molecule has 0 unspecified atom stereocenters. The van der Waals surface area contributed by atoms with Gasteiger partial charge in [0.25, 0.3) is 0 Å². The third-order valence-corrected chi connectivity index (χ3v) is 5.94. The quantitative estimate of drug-likeness (QED) is 0.256. The summed E-state index contributed by atoms with van der Waals surface area (Å²) in [5.41, 5.74) is 7.57. The lowest BCUT2D eigenvalue weighted by molar-refractivity contribution is 0.107. The summed E-state index contributed by atoms with van der Waals surface area (Å²) in [6, 6.07) is 30.8. The molecule has 0 fully saturated rings. The predicted octanol–water partition coefficient (Wildman–Crippen LogP) is 7.19. The molecule has 4 aromatic rings. The van der Waals surface area contributed by atoms with E-state index in [1.807, 2.05) is 48.5 Å². The number of hydrogen-bond donors (Lipinski definition) is 2. The molecule has 0 atom stereocenters. The van der Waals surface area contributed by atoms with Gasteiger partial charge < -0.3 is 19.7 Å². The van der Waals surface area contributed by atoms with Crippen LogP contribution in [0.25, 0.3) is 11.1 Å². The van der Waals surface area contributed by atoms with Gasteiger partial charge in [0.2, 0.25) is 0 Å². The Morgan fingerprint density at radius 1 is 0.657 bits per heavy atom. The summed E-state index contributed by atoms with van der Waals surface area (Å²) in [7, 11) is 1.66. The molecule has 4 rings (SSSR count). The highest BCUT2D eigenvalue weighted by molar-refractivity contribution is 5.98. The predicted molar refractivity (Wildman–Crippen MR) is 140 cm³/mol. The maximum Gasteiger partial charge on any atom is 0.118 e. The zero-order chi connectivity index (χ0) is 24.6. The van der Waals surface area contributed by atoms with E-state index >= 15 is 0 Å². The van der Waals surface area contributed by atoms with E-state index in [0.29, 0.717) is 13.2 Å². The van der Waals surface area contributed by atoms with Crippen LogP contribution in [-0.2, 0) is 18.0 Å². The van der Waals surface area contributed by atoms with Crippen LogP contribution >= 0.6 is 0 Å². The van der Waals surface area contributed by atoms with Gasteiger partial charge in [-0.15, -0.1) is 0 Å². The number of phenolic OH excluding ortho intramolecular Hbond substituents is 2. The molecule has 0 aliphatic rings. The van der Waals surface area contributed by atoms with Gasteiger partial charge in [-0.05, 0) is 87.8 Å². The van der Waals surface area contributed by atoms with E-state index < -0.39 is 0 Å². The Labute approximate surface area is 206 Å². The maximum atomic E-state index is 9.82. The highest BCUT2D eigenvalue weighted by Gasteiger charge is 2.14. The Kier molecular flexibility index (Phi) is 7.86. The van der Waals surface area contributed by atoms with Crippen molar-refractivity contribution in [2.45, 2.75) is 26.6 Å². The van der Waals surface area contributed by atoms with E-state index in [9.17, 15) is 10.2 Å². The average molecular weight is 467 g/mol. The van der Waals surface area contributed by atoms with Crippen LogP contribution in [0.3, 0.4) is 0 Å². The van der Waals surface area contributed by atoms with E-state index in [2.05, 4.69) is 31.2 Å². The molecular formula is C31H30O4. The molecule has 4 nitrogen and oxygen atoms in total. The van der Waals surface area contributed by atoms with Crippen LogP contribution in [0.5, 0.6) is 17.2 Å². The van der Waals surface area contributed by atoms with Gasteiger partial charge in [-0.1, -0.05) is 61.5 Å². The van der Waals surface area contributed by atoms with Crippen molar-refractivity contribution in [1.82, 2.24) is 0 Å². The molecule has 0 aliphatic carbocycles. The Morgan fingerprint density at radius 3 is 1.77 bits per heavy atom. The van der Waals surface area contributed by atoms with Crippen molar-refractivity contribution in [3.05, 3.63) is 125 Å². The monoisotopic (exact) mass is 466 g/mol. The topological polar surface area (TPSA) is 58.9 Å². The number of benzene rings is 4. The lowest BCUT2D eigenvalue weighted by atomic mass is 9.87. The Bertz CT molecular complexity index is 1220. The minimum absolute atomic E-state index is 0.230. The summed E-state index contributed by atoms with van der Waals surface area (Å²) in [6.07, 6.45) is 0.813. The molecule has 0 bridgehead atoms. The van der Waals surface area contributed by atoms with E-state index in [0.717, 1.165) is 45.6 Å². The fraction of sp³-hybridized carbons (Fsp3) is 0.161. The highest BCUT2D eigenvalue weighted by Crippen LogP contribution is 2.35. The first-order chi connectivity index (χ1) is 17.1. The summed E-state index contributed by atoms with van der Waals surface area (Å²) in [6.45, 7) is 3.17. The van der Waals surface area contributed by atoms with Gasteiger partial charge in [0, 0.05) is 0 Å². The minimum atomic E-state index is 0.230. The second-order valence-corrected chi connectivity index (χ2v) is 8.34. The van der Waals surface area contributed by atoms with Crippen molar-refractivity contribution in [1.29, 1.82) is 0 Å². The lowest BCUT2D eigenvalue weighted by Crippen LogP contribution is -1.98. The Balaban J connectivity index is 1.63. The van der Waals surface area contributed by atoms with Gasteiger partial charge in [0.1, 0.15) is 17.2 Å². The standard InChI is InChI=1S/C31H30O4/c1-3-30(31(24-9-13-27(32)14-10-24)25-11-15-28(33)16-12-25)26-6-4-5-23(19-26)21-35-20-22-7-17-29(34-2)18-8-22/h4-19,32-33H,3,20-21H2,1-2H3. The largest absolute Gasteiger partial charge is 0.508 e. The molecule has 35 heavy (non-hydrogen) atoms. The second-order valence-electron chi connectivity index (χ2n) is 8.34. The Morgan fingerprint density at radius 2 is 1.23 bits per heavy atom. The number of methoxy groups -OCH3 is 1. The van der Waals surface area contributed by atoms with Gasteiger partial charge in [-0.3, -0.25) is 0 Å². The number of ether oxygens (including phenoxy) is 2. The van der Waals surface area contributed by atoms with Crippen molar-refractivity contribution < 1.29 is 19.7 Å². The van der Waals surface area contributed by atoms with E-state index in [1.165, 1.54) is 5.57 Å².